The molecule has 0 aliphatic heterocycles. The molecule has 0 aromatic heterocycles. The smallest absolute Gasteiger partial charge is 0.307 e. The van der Waals surface area contributed by atoms with Crippen molar-refractivity contribution in [1.29, 1.82) is 0 Å². The van der Waals surface area contributed by atoms with Gasteiger partial charge in [-0.15, -0.1) is 0 Å². The lowest BCUT2D eigenvalue weighted by molar-refractivity contribution is -0.148. The van der Waals surface area contributed by atoms with Crippen LogP contribution in [0.4, 0.5) is 0 Å². The van der Waals surface area contributed by atoms with E-state index in [0.717, 1.165) is 19.3 Å². The first-order valence-electron chi connectivity index (χ1n) is 11.1. The van der Waals surface area contributed by atoms with Gasteiger partial charge in [-0.1, -0.05) is 64.8 Å². The molecule has 1 aromatic rings. The first kappa shape index (κ1) is 25.6. The van der Waals surface area contributed by atoms with Gasteiger partial charge in [0.05, 0.1) is 17.4 Å². The molecule has 0 bridgehead atoms. The highest BCUT2D eigenvalue weighted by Crippen LogP contribution is 2.17. The number of hydrogen-bond acceptors (Lipinski definition) is 5. The van der Waals surface area contributed by atoms with Crippen molar-refractivity contribution in [2.75, 3.05) is 12.3 Å². The van der Waals surface area contributed by atoms with Crippen molar-refractivity contribution < 1.29 is 17.9 Å². The minimum absolute atomic E-state index is 0.0681. The number of esters is 1. The summed E-state index contributed by atoms with van der Waals surface area (Å²) < 4.78 is 30.6. The normalized spacial score (nSPS) is 12.9. The molecule has 5 nitrogen and oxygen atoms in total. The molecule has 0 spiro atoms. The van der Waals surface area contributed by atoms with E-state index in [2.05, 4.69) is 36.5 Å². The highest BCUT2D eigenvalue weighted by Gasteiger charge is 2.25. The third-order valence-corrected chi connectivity index (χ3v) is 7.43. The number of aryl methyl sites for hydroxylation is 1. The maximum absolute atomic E-state index is 12.5. The number of hydrogen-bond donors (Lipinski definition) is 1. The van der Waals surface area contributed by atoms with Crippen LogP contribution < -0.4 is 5.32 Å². The quantitative estimate of drug-likeness (QED) is 0.421. The molecule has 0 fully saturated rings. The predicted octanol–water partition coefficient (Wildman–Crippen LogP) is 4.43. The van der Waals surface area contributed by atoms with Gasteiger partial charge in [-0.3, -0.25) is 4.79 Å². The van der Waals surface area contributed by atoms with Gasteiger partial charge in [0.1, 0.15) is 6.10 Å². The Morgan fingerprint density at radius 3 is 2.31 bits per heavy atom. The van der Waals surface area contributed by atoms with E-state index in [4.69, 9.17) is 4.74 Å². The van der Waals surface area contributed by atoms with E-state index in [0.29, 0.717) is 32.4 Å². The van der Waals surface area contributed by atoms with E-state index >= 15 is 0 Å². The summed E-state index contributed by atoms with van der Waals surface area (Å²) in [5.74, 6) is -0.550. The maximum Gasteiger partial charge on any atom is 0.307 e. The molecular weight excluding hydrogens is 386 g/mol. The summed E-state index contributed by atoms with van der Waals surface area (Å²) >= 11 is 0. The zero-order chi connectivity index (χ0) is 21.7. The van der Waals surface area contributed by atoms with Gasteiger partial charge in [0.25, 0.3) is 0 Å². The average molecular weight is 426 g/mol. The third-order valence-electron chi connectivity index (χ3n) is 5.17. The molecule has 0 aliphatic carbocycles. The lowest BCUT2D eigenvalue weighted by atomic mass is 10.1. The highest BCUT2D eigenvalue weighted by atomic mass is 32.2. The summed E-state index contributed by atoms with van der Waals surface area (Å²) in [5, 5.41) is 3.00. The van der Waals surface area contributed by atoms with Gasteiger partial charge in [0.2, 0.25) is 0 Å². The van der Waals surface area contributed by atoms with E-state index in [-0.39, 0.29) is 23.5 Å². The first-order chi connectivity index (χ1) is 13.9. The minimum Gasteiger partial charge on any atom is -0.461 e. The molecule has 1 N–H and O–H groups in total. The number of carbonyl (C=O) groups excluding carboxylic acids is 1. The van der Waals surface area contributed by atoms with Crippen LogP contribution in [-0.2, 0) is 32.3 Å². The summed E-state index contributed by atoms with van der Waals surface area (Å²) in [5.41, 5.74) is 2.50. The Kier molecular flexibility index (Phi) is 12.2. The largest absolute Gasteiger partial charge is 0.461 e. The van der Waals surface area contributed by atoms with Crippen molar-refractivity contribution in [3.05, 3.63) is 35.4 Å². The second-order valence-corrected chi connectivity index (χ2v) is 10.0. The van der Waals surface area contributed by atoms with Crippen LogP contribution in [0.1, 0.15) is 77.3 Å². The van der Waals surface area contributed by atoms with Crippen LogP contribution in [0.25, 0.3) is 0 Å². The molecule has 0 aliphatic rings. The Balaban J connectivity index is 2.45. The Morgan fingerprint density at radius 1 is 1.07 bits per heavy atom. The van der Waals surface area contributed by atoms with Crippen LogP contribution >= 0.6 is 0 Å². The number of ether oxygens (including phenoxy) is 1. The predicted molar refractivity (Wildman–Crippen MR) is 120 cm³/mol. The zero-order valence-electron chi connectivity index (χ0n) is 18.6. The zero-order valence-corrected chi connectivity index (χ0v) is 19.4. The van der Waals surface area contributed by atoms with Gasteiger partial charge in [0, 0.05) is 13.1 Å². The van der Waals surface area contributed by atoms with Crippen molar-refractivity contribution in [1.82, 2.24) is 5.32 Å². The Bertz CT molecular complexity index is 697. The van der Waals surface area contributed by atoms with Crippen molar-refractivity contribution >= 4 is 15.8 Å². The SMILES string of the molecule is CCCC(CCC)S(=O)(=O)CCC(=O)OC(CC)CNCc1cccc(CC)c1. The van der Waals surface area contributed by atoms with Crippen LogP contribution in [0.15, 0.2) is 24.3 Å². The summed E-state index contributed by atoms with van der Waals surface area (Å²) in [7, 11) is -3.26. The molecule has 0 heterocycles. The molecular formula is C23H39NO4S. The van der Waals surface area contributed by atoms with Gasteiger partial charge in [-0.25, -0.2) is 8.42 Å². The fourth-order valence-electron chi connectivity index (χ4n) is 3.39. The van der Waals surface area contributed by atoms with Gasteiger partial charge in [-0.05, 0) is 36.8 Å². The molecule has 0 amide bonds. The first-order valence-corrected chi connectivity index (χ1v) is 12.8. The topological polar surface area (TPSA) is 72.5 Å². The van der Waals surface area contributed by atoms with Gasteiger partial charge < -0.3 is 10.1 Å². The van der Waals surface area contributed by atoms with Crippen molar-refractivity contribution in [3.63, 3.8) is 0 Å². The standard InChI is InChI=1S/C23H39NO4S/c1-5-10-22(11-6-2)29(26,27)15-14-23(25)28-21(8-4)18-24-17-20-13-9-12-19(7-3)16-20/h9,12-13,16,21-22,24H,5-8,10-11,14-15,17-18H2,1-4H3. The van der Waals surface area contributed by atoms with Crippen LogP contribution in [-0.4, -0.2) is 38.0 Å². The lowest BCUT2D eigenvalue weighted by Gasteiger charge is -2.19. The summed E-state index contributed by atoms with van der Waals surface area (Å²) in [4.78, 5) is 12.2. The second-order valence-electron chi connectivity index (χ2n) is 7.64. The van der Waals surface area contributed by atoms with E-state index < -0.39 is 15.8 Å². The minimum atomic E-state index is -3.26. The van der Waals surface area contributed by atoms with Gasteiger partial charge in [0.15, 0.2) is 9.84 Å². The second kappa shape index (κ2) is 13.8. The molecule has 6 heteroatoms. The number of benzene rings is 1. The molecule has 1 aromatic carbocycles. The Labute approximate surface area is 177 Å². The fraction of sp³-hybridized carbons (Fsp3) is 0.696. The van der Waals surface area contributed by atoms with Crippen molar-refractivity contribution in [2.24, 2.45) is 0 Å². The monoisotopic (exact) mass is 425 g/mol. The molecule has 29 heavy (non-hydrogen) atoms. The molecule has 1 rings (SSSR count). The lowest BCUT2D eigenvalue weighted by Crippen LogP contribution is -2.31. The number of rotatable bonds is 15. The van der Waals surface area contributed by atoms with Crippen LogP contribution in [0, 0.1) is 0 Å². The van der Waals surface area contributed by atoms with Gasteiger partial charge in [-0.2, -0.15) is 0 Å². The van der Waals surface area contributed by atoms with Crippen molar-refractivity contribution in [3.8, 4) is 0 Å². The molecule has 166 valence electrons. The average Bonchev–Trinajstić information content (AvgIpc) is 2.71. The van der Waals surface area contributed by atoms with E-state index in [1.54, 1.807) is 0 Å². The number of nitrogens with one attached hydrogen (secondary N) is 1. The van der Waals surface area contributed by atoms with Crippen molar-refractivity contribution in [2.45, 2.75) is 90.5 Å². The molecule has 1 unspecified atom stereocenters. The summed E-state index contributed by atoms with van der Waals surface area (Å²) in [6.45, 7) is 9.35. The van der Waals surface area contributed by atoms with Crippen LogP contribution in [0.5, 0.6) is 0 Å². The third kappa shape index (κ3) is 9.77. The Hall–Kier alpha value is -1.40. The van der Waals surface area contributed by atoms with E-state index in [1.807, 2.05) is 20.8 Å². The van der Waals surface area contributed by atoms with Gasteiger partial charge >= 0.3 is 5.97 Å². The molecule has 0 saturated carbocycles. The fourth-order valence-corrected chi connectivity index (χ4v) is 5.37. The number of sulfone groups is 1. The highest BCUT2D eigenvalue weighted by molar-refractivity contribution is 7.92. The van der Waals surface area contributed by atoms with Crippen LogP contribution in [0.2, 0.25) is 0 Å². The number of carbonyl (C=O) groups is 1. The Morgan fingerprint density at radius 2 is 1.72 bits per heavy atom. The summed E-state index contributed by atoms with van der Waals surface area (Å²) in [6, 6.07) is 8.42. The van der Waals surface area contributed by atoms with E-state index in [1.165, 1.54) is 11.1 Å². The molecule has 0 saturated heterocycles. The molecule has 1 atom stereocenters. The van der Waals surface area contributed by atoms with Crippen LogP contribution in [0.3, 0.4) is 0 Å². The maximum atomic E-state index is 12.5. The summed E-state index contributed by atoms with van der Waals surface area (Å²) in [6.07, 6.45) is 4.36. The van der Waals surface area contributed by atoms with E-state index in [9.17, 15) is 13.2 Å². The molecule has 0 radical (unpaired) electrons.